The Bertz CT molecular complexity index is 943. The summed E-state index contributed by atoms with van der Waals surface area (Å²) in [6.07, 6.45) is 6.71. The third-order valence-corrected chi connectivity index (χ3v) is 7.22. The number of methoxy groups -OCH3 is 1. The molecule has 1 fully saturated rings. The van der Waals surface area contributed by atoms with Crippen molar-refractivity contribution < 1.29 is 9.53 Å². The van der Waals surface area contributed by atoms with Gasteiger partial charge in [0, 0.05) is 29.4 Å². The van der Waals surface area contributed by atoms with Gasteiger partial charge in [0.25, 0.3) is 0 Å². The topological polar surface area (TPSA) is 65.4 Å². The van der Waals surface area contributed by atoms with Crippen LogP contribution in [0.1, 0.15) is 31.7 Å². The number of benzene rings is 1. The number of nitrogens with one attached hydrogen (secondary N) is 1. The Morgan fingerprint density at radius 3 is 3.00 bits per heavy atom. The molecule has 3 aliphatic heterocycles. The number of carbonyl (C=O) groups excluding carboxylic acids is 1. The average Bonchev–Trinajstić information content (AvgIpc) is 3.28. The Morgan fingerprint density at radius 1 is 1.44 bits per heavy atom. The van der Waals surface area contributed by atoms with Gasteiger partial charge in [-0.15, -0.1) is 0 Å². The second kappa shape index (κ2) is 5.46. The molecule has 1 spiro atoms. The first-order valence-electron chi connectivity index (χ1n) is 9.64. The lowest BCUT2D eigenvalue weighted by molar-refractivity contribution is -0.137. The Balaban J connectivity index is 1.83. The first-order valence-corrected chi connectivity index (χ1v) is 9.64. The molecule has 1 aliphatic carbocycles. The van der Waals surface area contributed by atoms with Crippen LogP contribution in [0.15, 0.2) is 47.7 Å². The van der Waals surface area contributed by atoms with Gasteiger partial charge in [0.2, 0.25) is 0 Å². The van der Waals surface area contributed by atoms with Gasteiger partial charge in [0.1, 0.15) is 6.04 Å². The molecule has 4 atom stereocenters. The maximum Gasteiger partial charge on any atom is 0.335 e. The summed E-state index contributed by atoms with van der Waals surface area (Å²) in [7, 11) is 1.46. The van der Waals surface area contributed by atoms with E-state index in [2.05, 4.69) is 47.5 Å². The number of anilines is 1. The molecule has 1 saturated heterocycles. The Labute approximate surface area is 159 Å². The molecule has 5 rings (SSSR count). The number of esters is 1. The number of para-hydroxylation sites is 1. The van der Waals surface area contributed by atoms with Crippen molar-refractivity contribution in [3.05, 3.63) is 53.3 Å². The zero-order valence-electron chi connectivity index (χ0n) is 15.7. The van der Waals surface area contributed by atoms with Crippen molar-refractivity contribution in [3.63, 3.8) is 0 Å². The molecule has 0 amide bonds. The molecule has 1 aromatic carbocycles. The zero-order chi connectivity index (χ0) is 18.8. The molecule has 5 nitrogen and oxygen atoms in total. The first kappa shape index (κ1) is 16.6. The van der Waals surface area contributed by atoms with Crippen LogP contribution in [-0.4, -0.2) is 36.6 Å². The molecule has 1 N–H and O–H groups in total. The van der Waals surface area contributed by atoms with Gasteiger partial charge >= 0.3 is 5.97 Å². The molecule has 0 radical (unpaired) electrons. The summed E-state index contributed by atoms with van der Waals surface area (Å²) in [4.78, 5) is 15.1. The summed E-state index contributed by atoms with van der Waals surface area (Å²) in [6.45, 7) is 3.04. The van der Waals surface area contributed by atoms with Gasteiger partial charge in [-0.05, 0) is 30.9 Å². The van der Waals surface area contributed by atoms with Crippen LogP contribution in [0.5, 0.6) is 0 Å². The molecule has 1 aromatic rings. The van der Waals surface area contributed by atoms with Gasteiger partial charge in [-0.1, -0.05) is 37.3 Å². The molecule has 138 valence electrons. The summed E-state index contributed by atoms with van der Waals surface area (Å²) in [5.41, 5.74) is 3.63. The summed E-state index contributed by atoms with van der Waals surface area (Å²) in [5.74, 6) is -0.245. The van der Waals surface area contributed by atoms with E-state index in [1.807, 2.05) is 12.1 Å². The van der Waals surface area contributed by atoms with Crippen molar-refractivity contribution in [1.82, 2.24) is 4.90 Å². The average molecular weight is 361 g/mol. The second-order valence-electron chi connectivity index (χ2n) is 8.07. The second-order valence-corrected chi connectivity index (χ2v) is 8.07. The van der Waals surface area contributed by atoms with Crippen LogP contribution in [0.25, 0.3) is 0 Å². The van der Waals surface area contributed by atoms with E-state index in [1.54, 1.807) is 0 Å². The minimum Gasteiger partial charge on any atom is -0.466 e. The maximum atomic E-state index is 12.8. The molecule has 0 bridgehead atoms. The molecule has 0 unspecified atom stereocenters. The van der Waals surface area contributed by atoms with E-state index in [0.29, 0.717) is 6.42 Å². The van der Waals surface area contributed by atoms with Gasteiger partial charge in [0.05, 0.1) is 24.2 Å². The van der Waals surface area contributed by atoms with Crippen LogP contribution in [0, 0.1) is 16.7 Å². The van der Waals surface area contributed by atoms with Crippen molar-refractivity contribution in [2.24, 2.45) is 5.41 Å². The van der Waals surface area contributed by atoms with Crippen molar-refractivity contribution in [2.75, 3.05) is 19.0 Å². The van der Waals surface area contributed by atoms with E-state index in [-0.39, 0.29) is 28.9 Å². The van der Waals surface area contributed by atoms with Crippen LogP contribution in [0.2, 0.25) is 0 Å². The van der Waals surface area contributed by atoms with Gasteiger partial charge in [-0.3, -0.25) is 4.90 Å². The highest BCUT2D eigenvalue weighted by atomic mass is 16.5. The van der Waals surface area contributed by atoms with Gasteiger partial charge in [-0.25, -0.2) is 4.79 Å². The minimum absolute atomic E-state index is 0.171. The zero-order valence-corrected chi connectivity index (χ0v) is 15.7. The highest BCUT2D eigenvalue weighted by Gasteiger charge is 2.66. The van der Waals surface area contributed by atoms with E-state index >= 15 is 0 Å². The van der Waals surface area contributed by atoms with Crippen molar-refractivity contribution in [3.8, 4) is 6.07 Å². The van der Waals surface area contributed by atoms with Crippen LogP contribution in [0.4, 0.5) is 5.69 Å². The minimum atomic E-state index is -0.283. The molecule has 4 aliphatic rings. The largest absolute Gasteiger partial charge is 0.466 e. The normalized spacial score (nSPS) is 35.7. The highest BCUT2D eigenvalue weighted by molar-refractivity contribution is 5.93. The summed E-state index contributed by atoms with van der Waals surface area (Å²) >= 11 is 0. The van der Waals surface area contributed by atoms with Crippen molar-refractivity contribution >= 4 is 11.7 Å². The summed E-state index contributed by atoms with van der Waals surface area (Å²) in [5, 5.41) is 13.3. The fraction of sp³-hybridized carbons (Fsp3) is 0.455. The number of carbonyl (C=O) groups is 1. The molecular formula is C22H23N3O2. The van der Waals surface area contributed by atoms with Gasteiger partial charge in [-0.2, -0.15) is 5.26 Å². The number of ether oxygens (including phenoxy) is 1. The Morgan fingerprint density at radius 2 is 2.26 bits per heavy atom. The quantitative estimate of drug-likeness (QED) is 0.648. The summed E-state index contributed by atoms with van der Waals surface area (Å²) in [6, 6.07) is 10.8. The third-order valence-electron chi connectivity index (χ3n) is 7.22. The number of nitriles is 1. The number of hydrogen-bond donors (Lipinski definition) is 1. The predicted octanol–water partition coefficient (Wildman–Crippen LogP) is 3.11. The van der Waals surface area contributed by atoms with Crippen LogP contribution in [0.3, 0.4) is 0 Å². The Kier molecular flexibility index (Phi) is 3.36. The lowest BCUT2D eigenvalue weighted by atomic mass is 9.55. The summed E-state index contributed by atoms with van der Waals surface area (Å²) < 4.78 is 5.18. The van der Waals surface area contributed by atoms with E-state index in [9.17, 15) is 10.1 Å². The van der Waals surface area contributed by atoms with E-state index in [0.717, 1.165) is 36.3 Å². The number of rotatable bonds is 2. The standard InChI is InChI=1S/C22H23N3O2/c1-3-21-9-8-14(13-23)25-11-10-22(20(21)25)16-6-4-5-7-17(16)24-18(22)15(12-21)19(26)27-2/h4-9,14,20,24H,3,10-12H2,1-2H3/t14-,20-,21-,22-/m0/s1. The number of hydrogen-bond acceptors (Lipinski definition) is 5. The smallest absolute Gasteiger partial charge is 0.335 e. The fourth-order valence-corrected chi connectivity index (χ4v) is 6.13. The van der Waals surface area contributed by atoms with Crippen molar-refractivity contribution in [1.29, 1.82) is 5.26 Å². The van der Waals surface area contributed by atoms with E-state index in [4.69, 9.17) is 4.74 Å². The lowest BCUT2D eigenvalue weighted by Crippen LogP contribution is -2.60. The van der Waals surface area contributed by atoms with Gasteiger partial charge < -0.3 is 10.1 Å². The maximum absolute atomic E-state index is 12.8. The lowest BCUT2D eigenvalue weighted by Gasteiger charge is -2.54. The van der Waals surface area contributed by atoms with E-state index in [1.165, 1.54) is 12.7 Å². The molecule has 0 saturated carbocycles. The SMILES string of the molecule is CC[C@]12C=C[C@@H](C#N)N3CC[C@]4(C(=C(C(=O)OC)C1)Nc1ccccc14)[C@@H]32. The van der Waals surface area contributed by atoms with Crippen LogP contribution < -0.4 is 5.32 Å². The van der Waals surface area contributed by atoms with Crippen molar-refractivity contribution in [2.45, 2.75) is 43.7 Å². The predicted molar refractivity (Wildman–Crippen MR) is 102 cm³/mol. The monoisotopic (exact) mass is 361 g/mol. The number of nitrogens with zero attached hydrogens (tertiary/aromatic N) is 2. The van der Waals surface area contributed by atoms with Crippen LogP contribution >= 0.6 is 0 Å². The fourth-order valence-electron chi connectivity index (χ4n) is 6.13. The van der Waals surface area contributed by atoms with E-state index < -0.39 is 0 Å². The van der Waals surface area contributed by atoms with Gasteiger partial charge in [0.15, 0.2) is 0 Å². The molecule has 5 heteroatoms. The molecule has 0 aromatic heterocycles. The number of fused-ring (bicyclic) bond motifs is 1. The molecule has 27 heavy (non-hydrogen) atoms. The Hall–Kier alpha value is -2.58. The molecule has 3 heterocycles. The molecular weight excluding hydrogens is 338 g/mol. The van der Waals surface area contributed by atoms with Crippen LogP contribution in [-0.2, 0) is 14.9 Å². The first-order chi connectivity index (χ1) is 13.1. The highest BCUT2D eigenvalue weighted by Crippen LogP contribution is 2.64. The third kappa shape index (κ3) is 1.84.